The molecule has 0 aliphatic heterocycles. The first-order valence-electron chi connectivity index (χ1n) is 6.84. The Morgan fingerprint density at radius 1 is 1.14 bits per heavy atom. The van der Waals surface area contributed by atoms with Gasteiger partial charge in [0.15, 0.2) is 11.5 Å². The molecule has 22 heavy (non-hydrogen) atoms. The predicted octanol–water partition coefficient (Wildman–Crippen LogP) is 3.39. The zero-order valence-electron chi connectivity index (χ0n) is 12.3. The molecule has 114 valence electrons. The minimum atomic E-state index is -3.48. The molecule has 0 unspecified atom stereocenters. The summed E-state index contributed by atoms with van der Waals surface area (Å²) in [6, 6.07) is 12.5. The molecule has 0 spiro atoms. The Morgan fingerprint density at radius 2 is 1.95 bits per heavy atom. The van der Waals surface area contributed by atoms with Crippen molar-refractivity contribution in [1.82, 2.24) is 4.98 Å². The van der Waals surface area contributed by atoms with Gasteiger partial charge in [0.25, 0.3) is 0 Å². The largest absolute Gasteiger partial charge is 0.441 e. The van der Waals surface area contributed by atoms with Gasteiger partial charge >= 0.3 is 0 Å². The summed E-state index contributed by atoms with van der Waals surface area (Å²) in [4.78, 5) is 4.18. The first-order chi connectivity index (χ1) is 10.4. The maximum Gasteiger partial charge on any atom is 0.236 e. The number of nitrogens with one attached hydrogen (secondary N) is 1. The lowest BCUT2D eigenvalue weighted by Crippen LogP contribution is -2.15. The summed E-state index contributed by atoms with van der Waals surface area (Å²) in [5.74, 6) is 0.483. The molecule has 1 aromatic heterocycles. The van der Waals surface area contributed by atoms with Crippen molar-refractivity contribution in [2.24, 2.45) is 0 Å². The van der Waals surface area contributed by atoms with Gasteiger partial charge in [-0.15, -0.1) is 0 Å². The van der Waals surface area contributed by atoms with Crippen LogP contribution in [0.4, 0.5) is 5.69 Å². The van der Waals surface area contributed by atoms with Crippen LogP contribution in [-0.2, 0) is 15.8 Å². The molecule has 0 radical (unpaired) electrons. The average molecular weight is 316 g/mol. The first kappa shape index (κ1) is 14.6. The first-order valence-corrected chi connectivity index (χ1v) is 8.50. The van der Waals surface area contributed by atoms with Gasteiger partial charge in [0.05, 0.1) is 11.4 Å². The highest BCUT2D eigenvalue weighted by atomic mass is 32.2. The fourth-order valence-electron chi connectivity index (χ4n) is 2.34. The average Bonchev–Trinajstić information content (AvgIpc) is 2.77. The van der Waals surface area contributed by atoms with Crippen molar-refractivity contribution in [3.63, 3.8) is 0 Å². The summed E-state index contributed by atoms with van der Waals surface area (Å²) >= 11 is 0. The molecule has 0 bridgehead atoms. The third-order valence-corrected chi connectivity index (χ3v) is 4.47. The van der Waals surface area contributed by atoms with Gasteiger partial charge in [0.2, 0.25) is 10.0 Å². The monoisotopic (exact) mass is 316 g/mol. The lowest BCUT2D eigenvalue weighted by atomic mass is 10.2. The van der Waals surface area contributed by atoms with Crippen molar-refractivity contribution < 1.29 is 12.8 Å². The third-order valence-electron chi connectivity index (χ3n) is 3.21. The van der Waals surface area contributed by atoms with Crippen LogP contribution in [0.5, 0.6) is 0 Å². The minimum Gasteiger partial charge on any atom is -0.441 e. The van der Waals surface area contributed by atoms with Crippen molar-refractivity contribution in [2.75, 3.05) is 4.72 Å². The van der Waals surface area contributed by atoms with Crippen LogP contribution in [0.1, 0.15) is 17.0 Å². The molecule has 1 N–H and O–H groups in total. The van der Waals surface area contributed by atoms with Gasteiger partial charge in [-0.3, -0.25) is 4.72 Å². The van der Waals surface area contributed by atoms with Crippen LogP contribution in [0.3, 0.4) is 0 Å². The number of oxazole rings is 1. The van der Waals surface area contributed by atoms with Gasteiger partial charge in [0.1, 0.15) is 5.52 Å². The SMILES string of the molecule is Cc1cccc(CS(=O)(=O)Nc2ccc3nc(C)oc3c2)c1. The molecule has 2 aromatic carbocycles. The van der Waals surface area contributed by atoms with Crippen molar-refractivity contribution in [1.29, 1.82) is 0 Å². The highest BCUT2D eigenvalue weighted by Crippen LogP contribution is 2.21. The summed E-state index contributed by atoms with van der Waals surface area (Å²) < 4.78 is 32.5. The molecule has 3 rings (SSSR count). The summed E-state index contributed by atoms with van der Waals surface area (Å²) in [7, 11) is -3.48. The van der Waals surface area contributed by atoms with Crippen molar-refractivity contribution in [2.45, 2.75) is 19.6 Å². The van der Waals surface area contributed by atoms with E-state index in [1.165, 1.54) is 0 Å². The van der Waals surface area contributed by atoms with E-state index in [2.05, 4.69) is 9.71 Å². The van der Waals surface area contributed by atoms with E-state index in [9.17, 15) is 8.42 Å². The smallest absolute Gasteiger partial charge is 0.236 e. The number of sulfonamides is 1. The van der Waals surface area contributed by atoms with E-state index in [1.54, 1.807) is 31.2 Å². The normalized spacial score (nSPS) is 11.7. The zero-order chi connectivity index (χ0) is 15.7. The predicted molar refractivity (Wildman–Crippen MR) is 86.2 cm³/mol. The van der Waals surface area contributed by atoms with Crippen molar-refractivity contribution >= 4 is 26.8 Å². The molecule has 0 amide bonds. The Balaban J connectivity index is 1.83. The molecule has 0 fully saturated rings. The van der Waals surface area contributed by atoms with Gasteiger partial charge in [-0.2, -0.15) is 0 Å². The number of aromatic nitrogens is 1. The second-order valence-electron chi connectivity index (χ2n) is 5.27. The minimum absolute atomic E-state index is 0.0673. The second kappa shape index (κ2) is 5.46. The van der Waals surface area contributed by atoms with E-state index in [0.717, 1.165) is 11.1 Å². The van der Waals surface area contributed by atoms with Gasteiger partial charge in [-0.25, -0.2) is 13.4 Å². The van der Waals surface area contributed by atoms with Crippen LogP contribution in [-0.4, -0.2) is 13.4 Å². The summed E-state index contributed by atoms with van der Waals surface area (Å²) in [5.41, 5.74) is 3.53. The topological polar surface area (TPSA) is 72.2 Å². The highest BCUT2D eigenvalue weighted by molar-refractivity contribution is 7.91. The molecular formula is C16H16N2O3S. The Hall–Kier alpha value is -2.34. The number of fused-ring (bicyclic) bond motifs is 1. The Labute approximate surface area is 129 Å². The Kier molecular flexibility index (Phi) is 3.62. The number of hydrogen-bond donors (Lipinski definition) is 1. The molecule has 0 aliphatic rings. The standard InChI is InChI=1S/C16H16N2O3S/c1-11-4-3-5-13(8-11)10-22(19,20)18-14-6-7-15-16(9-14)21-12(2)17-15/h3-9,18H,10H2,1-2H3. The van der Waals surface area contributed by atoms with Crippen molar-refractivity contribution in [3.8, 4) is 0 Å². The van der Waals surface area contributed by atoms with Crippen LogP contribution < -0.4 is 4.72 Å². The molecule has 3 aromatic rings. The number of anilines is 1. The lowest BCUT2D eigenvalue weighted by molar-refractivity contribution is 0.561. The number of rotatable bonds is 4. The molecule has 0 aliphatic carbocycles. The number of hydrogen-bond acceptors (Lipinski definition) is 4. The Morgan fingerprint density at radius 3 is 2.73 bits per heavy atom. The number of aryl methyl sites for hydroxylation is 2. The highest BCUT2D eigenvalue weighted by Gasteiger charge is 2.13. The Bertz CT molecular complexity index is 929. The van der Waals surface area contributed by atoms with Gasteiger partial charge in [-0.1, -0.05) is 29.8 Å². The molecule has 0 atom stereocenters. The zero-order valence-corrected chi connectivity index (χ0v) is 13.1. The van der Waals surface area contributed by atoms with E-state index in [0.29, 0.717) is 22.7 Å². The van der Waals surface area contributed by atoms with E-state index in [4.69, 9.17) is 4.42 Å². The molecule has 0 saturated carbocycles. The van der Waals surface area contributed by atoms with Gasteiger partial charge in [0, 0.05) is 13.0 Å². The molecule has 0 saturated heterocycles. The summed E-state index contributed by atoms with van der Waals surface area (Å²) in [6.45, 7) is 3.69. The van der Waals surface area contributed by atoms with Crippen LogP contribution in [0.15, 0.2) is 46.9 Å². The molecule has 1 heterocycles. The summed E-state index contributed by atoms with van der Waals surface area (Å²) in [6.07, 6.45) is 0. The van der Waals surface area contributed by atoms with Gasteiger partial charge in [-0.05, 0) is 24.6 Å². The van der Waals surface area contributed by atoms with Crippen LogP contribution in [0.25, 0.3) is 11.1 Å². The molecular weight excluding hydrogens is 300 g/mol. The second-order valence-corrected chi connectivity index (χ2v) is 6.99. The maximum absolute atomic E-state index is 12.3. The van der Waals surface area contributed by atoms with Crippen LogP contribution in [0.2, 0.25) is 0 Å². The van der Waals surface area contributed by atoms with Gasteiger partial charge < -0.3 is 4.42 Å². The summed E-state index contributed by atoms with van der Waals surface area (Å²) in [5, 5.41) is 0. The van der Waals surface area contributed by atoms with E-state index in [1.807, 2.05) is 25.1 Å². The third kappa shape index (κ3) is 3.28. The van der Waals surface area contributed by atoms with E-state index in [-0.39, 0.29) is 5.75 Å². The molecule has 5 nitrogen and oxygen atoms in total. The number of benzene rings is 2. The van der Waals surface area contributed by atoms with E-state index < -0.39 is 10.0 Å². The quantitative estimate of drug-likeness (QED) is 0.801. The van der Waals surface area contributed by atoms with Crippen LogP contribution >= 0.6 is 0 Å². The number of nitrogens with zero attached hydrogens (tertiary/aromatic N) is 1. The van der Waals surface area contributed by atoms with E-state index >= 15 is 0 Å². The van der Waals surface area contributed by atoms with Crippen molar-refractivity contribution in [3.05, 3.63) is 59.5 Å². The molecule has 6 heteroatoms. The maximum atomic E-state index is 12.3. The fraction of sp³-hybridized carbons (Fsp3) is 0.188. The lowest BCUT2D eigenvalue weighted by Gasteiger charge is -2.08. The fourth-order valence-corrected chi connectivity index (χ4v) is 3.52. The van der Waals surface area contributed by atoms with Crippen LogP contribution in [0, 0.1) is 13.8 Å².